The molecule has 0 aliphatic rings. The second-order valence-electron chi connectivity index (χ2n) is 5.57. The van der Waals surface area contributed by atoms with Crippen molar-refractivity contribution in [3.8, 4) is 0 Å². The molecule has 0 bridgehead atoms. The Kier molecular flexibility index (Phi) is 4.79. The standard InChI is InChI=1S/C16H23N3O/c1-12(2)5-7-18-16(20)11-19-8-6-14-4-3-13(10-17)9-15(14)19/h3-4,6,8-9,12H,5,7,10-11,17H2,1-2H3,(H,18,20). The van der Waals surface area contributed by atoms with Crippen molar-refractivity contribution in [1.82, 2.24) is 9.88 Å². The highest BCUT2D eigenvalue weighted by atomic mass is 16.1. The minimum absolute atomic E-state index is 0.0568. The van der Waals surface area contributed by atoms with Crippen molar-refractivity contribution >= 4 is 16.8 Å². The molecule has 2 aromatic rings. The second-order valence-corrected chi connectivity index (χ2v) is 5.57. The summed E-state index contributed by atoms with van der Waals surface area (Å²) in [4.78, 5) is 11.9. The third-order valence-corrected chi connectivity index (χ3v) is 3.43. The average molecular weight is 273 g/mol. The van der Waals surface area contributed by atoms with E-state index in [2.05, 4.69) is 25.2 Å². The third kappa shape index (κ3) is 3.61. The van der Waals surface area contributed by atoms with Gasteiger partial charge in [-0.15, -0.1) is 0 Å². The Labute approximate surface area is 120 Å². The molecule has 0 atom stereocenters. The van der Waals surface area contributed by atoms with E-state index in [1.54, 1.807) is 0 Å². The van der Waals surface area contributed by atoms with Gasteiger partial charge < -0.3 is 15.6 Å². The first-order valence-electron chi connectivity index (χ1n) is 7.14. The summed E-state index contributed by atoms with van der Waals surface area (Å²) in [6.45, 7) is 5.92. The van der Waals surface area contributed by atoms with E-state index in [1.807, 2.05) is 29.0 Å². The Bertz CT molecular complexity index is 586. The largest absolute Gasteiger partial charge is 0.355 e. The first-order chi connectivity index (χ1) is 9.60. The van der Waals surface area contributed by atoms with Gasteiger partial charge in [-0.3, -0.25) is 4.79 Å². The van der Waals surface area contributed by atoms with Crippen molar-refractivity contribution in [2.45, 2.75) is 33.4 Å². The fraction of sp³-hybridized carbons (Fsp3) is 0.438. The SMILES string of the molecule is CC(C)CCNC(=O)Cn1ccc2ccc(CN)cc21. The highest BCUT2D eigenvalue weighted by Crippen LogP contribution is 2.17. The Morgan fingerprint density at radius 1 is 1.35 bits per heavy atom. The van der Waals surface area contributed by atoms with Crippen molar-refractivity contribution in [2.24, 2.45) is 11.7 Å². The van der Waals surface area contributed by atoms with Gasteiger partial charge in [-0.2, -0.15) is 0 Å². The van der Waals surface area contributed by atoms with Crippen LogP contribution in [0.25, 0.3) is 10.9 Å². The van der Waals surface area contributed by atoms with Crippen molar-refractivity contribution in [2.75, 3.05) is 6.54 Å². The lowest BCUT2D eigenvalue weighted by Gasteiger charge is -2.09. The number of nitrogens with zero attached hydrogens (tertiary/aromatic N) is 1. The van der Waals surface area contributed by atoms with Crippen LogP contribution in [0.1, 0.15) is 25.8 Å². The van der Waals surface area contributed by atoms with Crippen molar-refractivity contribution in [3.05, 3.63) is 36.0 Å². The molecule has 4 nitrogen and oxygen atoms in total. The first-order valence-corrected chi connectivity index (χ1v) is 7.14. The number of carbonyl (C=O) groups is 1. The average Bonchev–Trinajstić information content (AvgIpc) is 2.80. The molecule has 0 spiro atoms. The molecule has 2 rings (SSSR count). The summed E-state index contributed by atoms with van der Waals surface area (Å²) < 4.78 is 1.97. The number of nitrogens with two attached hydrogens (primary N) is 1. The summed E-state index contributed by atoms with van der Waals surface area (Å²) in [6.07, 6.45) is 2.96. The molecule has 4 heteroatoms. The molecule has 0 aliphatic carbocycles. The zero-order valence-electron chi connectivity index (χ0n) is 12.2. The highest BCUT2D eigenvalue weighted by Gasteiger charge is 2.06. The topological polar surface area (TPSA) is 60.0 Å². The molecule has 108 valence electrons. The Morgan fingerprint density at radius 3 is 2.85 bits per heavy atom. The number of rotatable bonds is 6. The van der Waals surface area contributed by atoms with Gasteiger partial charge in [-0.05, 0) is 35.4 Å². The van der Waals surface area contributed by atoms with Gasteiger partial charge in [0.15, 0.2) is 0 Å². The van der Waals surface area contributed by atoms with E-state index >= 15 is 0 Å². The van der Waals surface area contributed by atoms with Gasteiger partial charge in [-0.1, -0.05) is 26.0 Å². The maximum atomic E-state index is 11.9. The van der Waals surface area contributed by atoms with Crippen LogP contribution in [0.5, 0.6) is 0 Å². The monoisotopic (exact) mass is 273 g/mol. The first kappa shape index (κ1) is 14.6. The lowest BCUT2D eigenvalue weighted by Crippen LogP contribution is -2.28. The summed E-state index contributed by atoms with van der Waals surface area (Å²) >= 11 is 0. The highest BCUT2D eigenvalue weighted by molar-refractivity contribution is 5.83. The summed E-state index contributed by atoms with van der Waals surface area (Å²) in [5, 5.41) is 4.10. The van der Waals surface area contributed by atoms with Crippen LogP contribution in [-0.4, -0.2) is 17.0 Å². The van der Waals surface area contributed by atoms with Gasteiger partial charge in [0.1, 0.15) is 6.54 Å². The smallest absolute Gasteiger partial charge is 0.239 e. The Hall–Kier alpha value is -1.81. The van der Waals surface area contributed by atoms with Gasteiger partial charge in [0.2, 0.25) is 5.91 Å². The molecule has 1 amide bonds. The number of hydrogen-bond acceptors (Lipinski definition) is 2. The maximum Gasteiger partial charge on any atom is 0.239 e. The quantitative estimate of drug-likeness (QED) is 0.848. The fourth-order valence-electron chi connectivity index (χ4n) is 2.21. The molecule has 0 fully saturated rings. The van der Waals surface area contributed by atoms with Gasteiger partial charge in [-0.25, -0.2) is 0 Å². The summed E-state index contributed by atoms with van der Waals surface area (Å²) in [5.41, 5.74) is 7.81. The minimum Gasteiger partial charge on any atom is -0.355 e. The fourth-order valence-corrected chi connectivity index (χ4v) is 2.21. The minimum atomic E-state index is 0.0568. The van der Waals surface area contributed by atoms with Crippen LogP contribution >= 0.6 is 0 Å². The van der Waals surface area contributed by atoms with Crippen LogP contribution < -0.4 is 11.1 Å². The number of carbonyl (C=O) groups excluding carboxylic acids is 1. The molecule has 3 N–H and O–H groups in total. The molecule has 0 radical (unpaired) electrons. The van der Waals surface area contributed by atoms with Crippen LogP contribution in [0.3, 0.4) is 0 Å². The number of fused-ring (bicyclic) bond motifs is 1. The van der Waals surface area contributed by atoms with Crippen molar-refractivity contribution in [3.63, 3.8) is 0 Å². The predicted molar refractivity (Wildman–Crippen MR) is 82.3 cm³/mol. The van der Waals surface area contributed by atoms with E-state index in [0.717, 1.165) is 29.4 Å². The number of nitrogens with one attached hydrogen (secondary N) is 1. The number of aromatic nitrogens is 1. The lowest BCUT2D eigenvalue weighted by molar-refractivity contribution is -0.121. The second kappa shape index (κ2) is 6.57. The van der Waals surface area contributed by atoms with E-state index in [1.165, 1.54) is 0 Å². The molecule has 0 saturated carbocycles. The van der Waals surface area contributed by atoms with Gasteiger partial charge in [0, 0.05) is 24.8 Å². The van der Waals surface area contributed by atoms with E-state index in [0.29, 0.717) is 19.0 Å². The Balaban J connectivity index is 2.03. The molecule has 1 aromatic heterocycles. The summed E-state index contributed by atoms with van der Waals surface area (Å²) in [7, 11) is 0. The van der Waals surface area contributed by atoms with Crippen LogP contribution in [0.4, 0.5) is 0 Å². The zero-order valence-corrected chi connectivity index (χ0v) is 12.2. The Morgan fingerprint density at radius 2 is 2.15 bits per heavy atom. The van der Waals surface area contributed by atoms with Crippen LogP contribution in [0, 0.1) is 5.92 Å². The van der Waals surface area contributed by atoms with Crippen molar-refractivity contribution in [1.29, 1.82) is 0 Å². The number of hydrogen-bond donors (Lipinski definition) is 2. The predicted octanol–water partition coefficient (Wildman–Crippen LogP) is 2.26. The van der Waals surface area contributed by atoms with Gasteiger partial charge in [0.05, 0.1) is 0 Å². The van der Waals surface area contributed by atoms with E-state index < -0.39 is 0 Å². The van der Waals surface area contributed by atoms with E-state index in [4.69, 9.17) is 5.73 Å². The molecule has 0 unspecified atom stereocenters. The lowest BCUT2D eigenvalue weighted by atomic mass is 10.1. The van der Waals surface area contributed by atoms with Gasteiger partial charge in [0.25, 0.3) is 0 Å². The van der Waals surface area contributed by atoms with E-state index in [-0.39, 0.29) is 5.91 Å². The summed E-state index contributed by atoms with van der Waals surface area (Å²) in [5.74, 6) is 0.663. The number of amides is 1. The molecule has 0 aliphatic heterocycles. The van der Waals surface area contributed by atoms with Crippen molar-refractivity contribution < 1.29 is 4.79 Å². The normalized spacial score (nSPS) is 11.2. The maximum absolute atomic E-state index is 11.9. The number of benzene rings is 1. The van der Waals surface area contributed by atoms with Crippen LogP contribution in [0.2, 0.25) is 0 Å². The summed E-state index contributed by atoms with van der Waals surface area (Å²) in [6, 6.07) is 8.15. The van der Waals surface area contributed by atoms with Crippen LogP contribution in [0.15, 0.2) is 30.5 Å². The van der Waals surface area contributed by atoms with Gasteiger partial charge >= 0.3 is 0 Å². The molecule has 1 aromatic carbocycles. The third-order valence-electron chi connectivity index (χ3n) is 3.43. The molecule has 0 saturated heterocycles. The van der Waals surface area contributed by atoms with Crippen LogP contribution in [-0.2, 0) is 17.9 Å². The molecule has 20 heavy (non-hydrogen) atoms. The zero-order chi connectivity index (χ0) is 14.5. The van der Waals surface area contributed by atoms with E-state index in [9.17, 15) is 4.79 Å². The molecule has 1 heterocycles. The molecular weight excluding hydrogens is 250 g/mol. The molecular formula is C16H23N3O.